The maximum Gasteiger partial charge on any atom is 0.322 e. The topological polar surface area (TPSA) is 121 Å². The zero-order valence-electron chi connectivity index (χ0n) is 19.0. The van der Waals surface area contributed by atoms with Crippen molar-refractivity contribution in [3.8, 4) is 5.75 Å². The summed E-state index contributed by atoms with van der Waals surface area (Å²) in [6.07, 6.45) is 6.31. The number of carbonyl (C=O) groups is 1. The van der Waals surface area contributed by atoms with E-state index in [0.717, 1.165) is 48.5 Å². The minimum atomic E-state index is -3.96. The van der Waals surface area contributed by atoms with Gasteiger partial charge in [0.2, 0.25) is 10.0 Å². The lowest BCUT2D eigenvalue weighted by Crippen LogP contribution is -2.42. The molecule has 182 valence electrons. The van der Waals surface area contributed by atoms with E-state index in [9.17, 15) is 18.3 Å². The molecule has 3 aromatic rings. The van der Waals surface area contributed by atoms with Crippen LogP contribution < -0.4 is 14.8 Å². The molecule has 1 aliphatic heterocycles. The smallest absolute Gasteiger partial charge is 0.322 e. The fourth-order valence-corrected chi connectivity index (χ4v) is 5.61. The van der Waals surface area contributed by atoms with Crippen LogP contribution in [-0.2, 0) is 21.2 Å². The number of hydrogen-bond donors (Lipinski definition) is 4. The molecule has 0 unspecified atom stereocenters. The van der Waals surface area contributed by atoms with Crippen LogP contribution in [0.2, 0.25) is 0 Å². The third kappa shape index (κ3) is 6.16. The van der Waals surface area contributed by atoms with Crippen molar-refractivity contribution in [2.45, 2.75) is 43.0 Å². The second kappa shape index (κ2) is 11.0. The Morgan fingerprint density at radius 3 is 2.65 bits per heavy atom. The highest BCUT2D eigenvalue weighted by Gasteiger charge is 2.26. The van der Waals surface area contributed by atoms with Crippen LogP contribution in [0.1, 0.15) is 31.2 Å². The Hall–Kier alpha value is -2.88. The number of benzene rings is 2. The van der Waals surface area contributed by atoms with Crippen LogP contribution in [0.4, 0.5) is 0 Å². The Morgan fingerprint density at radius 1 is 1.15 bits per heavy atom. The van der Waals surface area contributed by atoms with Gasteiger partial charge in [-0.3, -0.25) is 4.79 Å². The summed E-state index contributed by atoms with van der Waals surface area (Å²) < 4.78 is 33.6. The molecular weight excluding hydrogens is 454 g/mol. The van der Waals surface area contributed by atoms with Crippen LogP contribution >= 0.6 is 0 Å². The molecular formula is C25H31N3O5S. The average molecular weight is 486 g/mol. The Morgan fingerprint density at radius 2 is 1.91 bits per heavy atom. The second-order valence-corrected chi connectivity index (χ2v) is 10.4. The number of aliphatic carboxylic acids is 1. The molecule has 0 saturated carbocycles. The summed E-state index contributed by atoms with van der Waals surface area (Å²) in [5, 5.41) is 13.9. The van der Waals surface area contributed by atoms with E-state index < -0.39 is 22.0 Å². The van der Waals surface area contributed by atoms with Crippen LogP contribution in [-0.4, -0.2) is 50.2 Å². The van der Waals surface area contributed by atoms with E-state index in [4.69, 9.17) is 4.74 Å². The van der Waals surface area contributed by atoms with Crippen LogP contribution in [0.15, 0.2) is 59.6 Å². The average Bonchev–Trinajstić information content (AvgIpc) is 3.24. The van der Waals surface area contributed by atoms with E-state index in [2.05, 4.69) is 15.0 Å². The van der Waals surface area contributed by atoms with Gasteiger partial charge in [-0.1, -0.05) is 18.2 Å². The fraction of sp³-hybridized carbons (Fsp3) is 0.400. The quantitative estimate of drug-likeness (QED) is 0.309. The zero-order chi connectivity index (χ0) is 24.0. The number of carboxylic acid groups (broad SMARTS) is 1. The molecule has 34 heavy (non-hydrogen) atoms. The van der Waals surface area contributed by atoms with E-state index >= 15 is 0 Å². The lowest BCUT2D eigenvalue weighted by molar-refractivity contribution is -0.138. The van der Waals surface area contributed by atoms with Crippen LogP contribution in [0.25, 0.3) is 10.9 Å². The predicted octanol–water partition coefficient (Wildman–Crippen LogP) is 3.30. The molecule has 1 aliphatic rings. The number of nitrogens with one attached hydrogen (secondary N) is 3. The second-order valence-electron chi connectivity index (χ2n) is 8.73. The molecule has 8 nitrogen and oxygen atoms in total. The highest BCUT2D eigenvalue weighted by molar-refractivity contribution is 7.89. The number of rotatable bonds is 11. The Bertz CT molecular complexity index is 1200. The molecule has 1 atom stereocenters. The lowest BCUT2D eigenvalue weighted by Gasteiger charge is -2.22. The third-order valence-electron chi connectivity index (χ3n) is 6.30. The monoisotopic (exact) mass is 485 g/mol. The molecule has 0 radical (unpaired) electrons. The van der Waals surface area contributed by atoms with Gasteiger partial charge in [0, 0.05) is 23.5 Å². The molecule has 0 bridgehead atoms. The Balaban J connectivity index is 1.41. The molecule has 4 N–H and O–H groups in total. The van der Waals surface area contributed by atoms with Gasteiger partial charge in [-0.05, 0) is 80.6 Å². The summed E-state index contributed by atoms with van der Waals surface area (Å²) in [6.45, 7) is 2.82. The van der Waals surface area contributed by atoms with E-state index in [1.54, 1.807) is 24.4 Å². The summed E-state index contributed by atoms with van der Waals surface area (Å²) in [6, 6.07) is 12.1. The zero-order valence-corrected chi connectivity index (χ0v) is 19.8. The van der Waals surface area contributed by atoms with E-state index in [0.29, 0.717) is 12.2 Å². The van der Waals surface area contributed by atoms with Crippen molar-refractivity contribution in [3.63, 3.8) is 0 Å². The minimum absolute atomic E-state index is 0.000561. The van der Waals surface area contributed by atoms with Crippen molar-refractivity contribution in [1.82, 2.24) is 15.0 Å². The van der Waals surface area contributed by atoms with Crippen molar-refractivity contribution in [2.75, 3.05) is 19.7 Å². The van der Waals surface area contributed by atoms with Gasteiger partial charge in [0.05, 0.1) is 11.5 Å². The standard InChI is InChI=1S/C25H31N3O5S/c29-25(30)24(28-34(31,32)21-6-2-1-3-7-21)15-19-17-27-23-9-8-20(16-22(19)23)33-14-4-5-18-10-12-26-13-11-18/h1-3,6-9,16-18,24,26-28H,4-5,10-15H2,(H,29,30)/t24-/m0/s1. The molecule has 1 saturated heterocycles. The number of H-pyrrole nitrogens is 1. The maximum absolute atomic E-state index is 12.6. The summed E-state index contributed by atoms with van der Waals surface area (Å²) in [5.74, 6) is 0.241. The first-order valence-electron chi connectivity index (χ1n) is 11.7. The van der Waals surface area contributed by atoms with Crippen LogP contribution in [0, 0.1) is 5.92 Å². The summed E-state index contributed by atoms with van der Waals surface area (Å²) in [5.41, 5.74) is 1.55. The number of sulfonamides is 1. The molecule has 0 spiro atoms. The number of aromatic amines is 1. The molecule has 9 heteroatoms. The van der Waals surface area contributed by atoms with Gasteiger partial charge in [0.25, 0.3) is 0 Å². The van der Waals surface area contributed by atoms with Gasteiger partial charge < -0.3 is 20.1 Å². The number of piperidine rings is 1. The molecule has 2 aromatic carbocycles. The van der Waals surface area contributed by atoms with Crippen molar-refractivity contribution >= 4 is 26.9 Å². The summed E-state index contributed by atoms with van der Waals surface area (Å²) in [7, 11) is -3.96. The Labute approximate surface area is 199 Å². The first-order chi connectivity index (χ1) is 16.4. The maximum atomic E-state index is 12.6. The molecule has 2 heterocycles. The molecule has 1 fully saturated rings. The summed E-state index contributed by atoms with van der Waals surface area (Å²) >= 11 is 0. The van der Waals surface area contributed by atoms with Crippen molar-refractivity contribution in [1.29, 1.82) is 0 Å². The minimum Gasteiger partial charge on any atom is -0.494 e. The van der Waals surface area contributed by atoms with E-state index in [1.165, 1.54) is 25.0 Å². The molecule has 0 amide bonds. The Kier molecular flexibility index (Phi) is 7.87. The van der Waals surface area contributed by atoms with Crippen LogP contribution in [0.3, 0.4) is 0 Å². The van der Waals surface area contributed by atoms with E-state index in [1.807, 2.05) is 18.2 Å². The van der Waals surface area contributed by atoms with Crippen LogP contribution in [0.5, 0.6) is 5.75 Å². The predicted molar refractivity (Wildman–Crippen MR) is 131 cm³/mol. The number of aromatic nitrogens is 1. The van der Waals surface area contributed by atoms with Gasteiger partial charge in [-0.2, -0.15) is 4.72 Å². The fourth-order valence-electron chi connectivity index (χ4n) is 4.40. The number of carboxylic acids is 1. The van der Waals surface area contributed by atoms with Gasteiger partial charge in [0.1, 0.15) is 11.8 Å². The van der Waals surface area contributed by atoms with E-state index in [-0.39, 0.29) is 11.3 Å². The molecule has 1 aromatic heterocycles. The lowest BCUT2D eigenvalue weighted by atomic mass is 9.93. The first-order valence-corrected chi connectivity index (χ1v) is 13.1. The van der Waals surface area contributed by atoms with Crippen molar-refractivity contribution in [3.05, 3.63) is 60.3 Å². The summed E-state index contributed by atoms with van der Waals surface area (Å²) in [4.78, 5) is 15.0. The van der Waals surface area contributed by atoms with Gasteiger partial charge in [-0.15, -0.1) is 0 Å². The van der Waals surface area contributed by atoms with Gasteiger partial charge in [0.15, 0.2) is 0 Å². The highest BCUT2D eigenvalue weighted by atomic mass is 32.2. The normalized spacial score (nSPS) is 15.9. The van der Waals surface area contributed by atoms with Crippen molar-refractivity contribution in [2.24, 2.45) is 5.92 Å². The molecule has 4 rings (SSSR count). The van der Waals surface area contributed by atoms with Gasteiger partial charge >= 0.3 is 5.97 Å². The first kappa shape index (κ1) is 24.3. The third-order valence-corrected chi connectivity index (χ3v) is 7.78. The number of ether oxygens (including phenoxy) is 1. The van der Waals surface area contributed by atoms with Crippen molar-refractivity contribution < 1.29 is 23.1 Å². The SMILES string of the molecule is O=C(O)[C@H](Cc1c[nH]c2ccc(OCCCC3CCNCC3)cc12)NS(=O)(=O)c1ccccc1. The number of hydrogen-bond acceptors (Lipinski definition) is 5. The largest absolute Gasteiger partial charge is 0.494 e. The molecule has 0 aliphatic carbocycles. The van der Waals surface area contributed by atoms with Gasteiger partial charge in [-0.25, -0.2) is 8.42 Å². The number of fused-ring (bicyclic) bond motifs is 1. The highest BCUT2D eigenvalue weighted by Crippen LogP contribution is 2.26.